The number of likely N-dealkylation sites (tertiary alicyclic amines) is 1. The van der Waals surface area contributed by atoms with E-state index in [4.69, 9.17) is 5.11 Å². The first-order valence-electron chi connectivity index (χ1n) is 9.43. The predicted molar refractivity (Wildman–Crippen MR) is 112 cm³/mol. The summed E-state index contributed by atoms with van der Waals surface area (Å²) in [6, 6.07) is 10.3. The average Bonchev–Trinajstić information content (AvgIpc) is 3.12. The van der Waals surface area contributed by atoms with Gasteiger partial charge in [0.15, 0.2) is 0 Å². The molecule has 2 unspecified atom stereocenters. The van der Waals surface area contributed by atoms with Gasteiger partial charge in [-0.15, -0.1) is 0 Å². The molecular weight excluding hydrogens is 379 g/mol. The van der Waals surface area contributed by atoms with Gasteiger partial charge in [-0.05, 0) is 48.9 Å². The maximum atomic E-state index is 13.1. The van der Waals surface area contributed by atoms with Crippen molar-refractivity contribution in [2.24, 2.45) is 5.92 Å². The Labute approximate surface area is 192 Å². The SMILES string of the molecule is O=C(O)CC/C=C\CC1CCN(C(=O)c2ccccc2O)C1c1cccnc1.[NaH]. The van der Waals surface area contributed by atoms with E-state index in [9.17, 15) is 14.7 Å². The fraction of sp³-hybridized carbons (Fsp3) is 0.318. The molecule has 2 aromatic rings. The molecule has 1 aliphatic heterocycles. The van der Waals surface area contributed by atoms with Crippen LogP contribution in [0.5, 0.6) is 5.75 Å². The molecule has 2 N–H and O–H groups in total. The van der Waals surface area contributed by atoms with E-state index in [2.05, 4.69) is 4.98 Å². The third kappa shape index (κ3) is 5.92. The number of aliphatic carboxylic acids is 1. The minimum absolute atomic E-state index is 0. The number of aromatic hydroxyl groups is 1. The molecular formula is C22H25N2NaO4. The average molecular weight is 404 g/mol. The second kappa shape index (κ2) is 11.1. The molecule has 7 heteroatoms. The van der Waals surface area contributed by atoms with E-state index >= 15 is 0 Å². The Balaban J connectivity index is 0.00000300. The number of benzene rings is 1. The van der Waals surface area contributed by atoms with Gasteiger partial charge in [0, 0.05) is 25.4 Å². The number of amides is 1. The molecule has 29 heavy (non-hydrogen) atoms. The molecule has 1 fully saturated rings. The van der Waals surface area contributed by atoms with Gasteiger partial charge in [-0.1, -0.05) is 30.4 Å². The Morgan fingerprint density at radius 3 is 2.66 bits per heavy atom. The first-order valence-corrected chi connectivity index (χ1v) is 9.43. The number of pyridine rings is 1. The molecule has 0 spiro atoms. The number of allylic oxidation sites excluding steroid dienone is 2. The molecule has 0 bridgehead atoms. The molecule has 1 amide bonds. The van der Waals surface area contributed by atoms with E-state index in [1.54, 1.807) is 30.6 Å². The molecule has 2 atom stereocenters. The summed E-state index contributed by atoms with van der Waals surface area (Å²) in [5.41, 5.74) is 1.27. The van der Waals surface area contributed by atoms with Gasteiger partial charge in [0.05, 0.1) is 11.6 Å². The van der Waals surface area contributed by atoms with Gasteiger partial charge >= 0.3 is 35.5 Å². The Morgan fingerprint density at radius 2 is 1.97 bits per heavy atom. The number of hydrogen-bond acceptors (Lipinski definition) is 4. The van der Waals surface area contributed by atoms with Crippen LogP contribution >= 0.6 is 0 Å². The number of hydrogen-bond donors (Lipinski definition) is 2. The third-order valence-electron chi connectivity index (χ3n) is 5.07. The van der Waals surface area contributed by atoms with Crippen LogP contribution in [0.1, 0.15) is 47.6 Å². The molecule has 1 saturated heterocycles. The van der Waals surface area contributed by atoms with E-state index in [0.717, 1.165) is 18.4 Å². The number of nitrogens with zero attached hydrogens (tertiary/aromatic N) is 2. The van der Waals surface area contributed by atoms with Crippen LogP contribution in [0.15, 0.2) is 60.9 Å². The molecule has 0 saturated carbocycles. The van der Waals surface area contributed by atoms with E-state index in [0.29, 0.717) is 18.5 Å². The number of aromatic nitrogens is 1. The quantitative estimate of drug-likeness (QED) is 0.547. The van der Waals surface area contributed by atoms with E-state index < -0.39 is 5.97 Å². The summed E-state index contributed by atoms with van der Waals surface area (Å²) >= 11 is 0. The van der Waals surface area contributed by atoms with Crippen molar-refractivity contribution >= 4 is 41.4 Å². The van der Waals surface area contributed by atoms with Crippen LogP contribution in [0.4, 0.5) is 0 Å². The van der Waals surface area contributed by atoms with Crippen LogP contribution in [0.3, 0.4) is 0 Å². The van der Waals surface area contributed by atoms with Crippen LogP contribution in [0.2, 0.25) is 0 Å². The summed E-state index contributed by atoms with van der Waals surface area (Å²) in [6.07, 6.45) is 9.58. The normalized spacial score (nSPS) is 18.6. The number of carboxylic acids is 1. The first-order chi connectivity index (χ1) is 13.6. The van der Waals surface area contributed by atoms with Gasteiger partial charge in [-0.25, -0.2) is 0 Å². The predicted octanol–water partition coefficient (Wildman–Crippen LogP) is 3.15. The van der Waals surface area contributed by atoms with Crippen LogP contribution in [0, 0.1) is 5.92 Å². The van der Waals surface area contributed by atoms with Gasteiger partial charge in [-0.3, -0.25) is 14.6 Å². The van der Waals surface area contributed by atoms with Crippen molar-refractivity contribution in [3.05, 3.63) is 72.1 Å². The Hall–Kier alpha value is -2.15. The molecule has 0 aliphatic carbocycles. The number of carbonyl (C=O) groups excluding carboxylic acids is 1. The minimum atomic E-state index is -0.807. The summed E-state index contributed by atoms with van der Waals surface area (Å²) in [6.45, 7) is 0.598. The van der Waals surface area contributed by atoms with Gasteiger partial charge in [0.2, 0.25) is 0 Å². The van der Waals surface area contributed by atoms with Crippen LogP contribution < -0.4 is 0 Å². The van der Waals surface area contributed by atoms with E-state index in [1.165, 1.54) is 6.07 Å². The number of para-hydroxylation sites is 1. The van der Waals surface area contributed by atoms with Gasteiger partial charge in [-0.2, -0.15) is 0 Å². The first kappa shape index (κ1) is 23.1. The summed E-state index contributed by atoms with van der Waals surface area (Å²) in [5, 5.41) is 18.8. The molecule has 2 heterocycles. The summed E-state index contributed by atoms with van der Waals surface area (Å²) in [4.78, 5) is 29.8. The molecule has 0 radical (unpaired) electrons. The van der Waals surface area contributed by atoms with Crippen molar-refractivity contribution in [2.75, 3.05) is 6.54 Å². The van der Waals surface area contributed by atoms with Gasteiger partial charge < -0.3 is 15.1 Å². The molecule has 1 aromatic carbocycles. The fourth-order valence-corrected chi connectivity index (χ4v) is 3.74. The Morgan fingerprint density at radius 1 is 1.17 bits per heavy atom. The summed E-state index contributed by atoms with van der Waals surface area (Å²) in [5.74, 6) is -0.808. The second-order valence-electron chi connectivity index (χ2n) is 6.94. The number of carbonyl (C=O) groups is 2. The summed E-state index contributed by atoms with van der Waals surface area (Å²) in [7, 11) is 0. The van der Waals surface area contributed by atoms with Crippen molar-refractivity contribution < 1.29 is 19.8 Å². The number of phenolic OH excluding ortho intramolecular Hbond substituents is 1. The number of phenols is 1. The van der Waals surface area contributed by atoms with Crippen LogP contribution in [-0.2, 0) is 4.79 Å². The van der Waals surface area contributed by atoms with Crippen molar-refractivity contribution in [3.63, 3.8) is 0 Å². The second-order valence-corrected chi connectivity index (χ2v) is 6.94. The standard InChI is InChI=1S/C22H24N2O4.Na.H/c25-19-10-5-4-9-18(19)22(28)24-14-12-16(7-2-1-3-11-20(26)27)21(24)17-8-6-13-23-15-17;;/h1-2,4-6,8-10,13,15-16,21,25H,3,7,11-12,14H2,(H,26,27);;/b2-1-;;. The zero-order valence-corrected chi connectivity index (χ0v) is 15.6. The maximum absolute atomic E-state index is 13.1. The topological polar surface area (TPSA) is 90.7 Å². The molecule has 6 nitrogen and oxygen atoms in total. The molecule has 1 aliphatic rings. The van der Waals surface area contributed by atoms with E-state index in [1.807, 2.05) is 29.2 Å². The zero-order chi connectivity index (χ0) is 19.9. The van der Waals surface area contributed by atoms with Crippen molar-refractivity contribution in [2.45, 2.75) is 31.7 Å². The van der Waals surface area contributed by atoms with Crippen LogP contribution in [-0.4, -0.2) is 68.1 Å². The number of carboxylic acid groups (broad SMARTS) is 1. The Bertz CT molecular complexity index is 857. The van der Waals surface area contributed by atoms with Crippen LogP contribution in [0.25, 0.3) is 0 Å². The van der Waals surface area contributed by atoms with Gasteiger partial charge in [0.1, 0.15) is 5.75 Å². The van der Waals surface area contributed by atoms with Crippen molar-refractivity contribution in [1.29, 1.82) is 0 Å². The molecule has 1 aromatic heterocycles. The van der Waals surface area contributed by atoms with E-state index in [-0.39, 0.29) is 59.6 Å². The molecule has 3 rings (SSSR count). The van der Waals surface area contributed by atoms with Gasteiger partial charge in [0.25, 0.3) is 5.91 Å². The van der Waals surface area contributed by atoms with Crippen molar-refractivity contribution in [1.82, 2.24) is 9.88 Å². The Kier molecular flexibility index (Phi) is 8.89. The monoisotopic (exact) mass is 404 g/mol. The third-order valence-corrected chi connectivity index (χ3v) is 5.07. The summed E-state index contributed by atoms with van der Waals surface area (Å²) < 4.78 is 0. The fourth-order valence-electron chi connectivity index (χ4n) is 3.74. The number of rotatable bonds is 7. The molecule has 148 valence electrons. The zero-order valence-electron chi connectivity index (χ0n) is 15.6. The van der Waals surface area contributed by atoms with Crippen molar-refractivity contribution in [3.8, 4) is 5.75 Å².